The quantitative estimate of drug-likeness (QED) is 0.919. The van der Waals surface area contributed by atoms with Crippen LogP contribution < -0.4 is 5.32 Å². The van der Waals surface area contributed by atoms with Crippen molar-refractivity contribution in [3.63, 3.8) is 0 Å². The molecule has 1 saturated heterocycles. The molecule has 0 radical (unpaired) electrons. The van der Waals surface area contributed by atoms with Crippen molar-refractivity contribution < 1.29 is 4.79 Å². The van der Waals surface area contributed by atoms with Gasteiger partial charge in [-0.05, 0) is 58.3 Å². The summed E-state index contributed by atoms with van der Waals surface area (Å²) in [7, 11) is 2.09. The first kappa shape index (κ1) is 15.0. The fraction of sp³-hybridized carbons (Fsp3) is 0.588. The third-order valence-corrected chi connectivity index (χ3v) is 4.25. The maximum absolute atomic E-state index is 12.5. The Balaban J connectivity index is 2.08. The molecule has 2 rings (SSSR count). The number of carbonyl (C=O) groups excluding carboxylic acids is 1. The molecule has 1 aliphatic rings. The summed E-state index contributed by atoms with van der Waals surface area (Å²) >= 11 is 0. The maximum atomic E-state index is 12.5. The number of nitrogens with zero attached hydrogens (tertiary/aromatic N) is 1. The van der Waals surface area contributed by atoms with Crippen molar-refractivity contribution in [2.24, 2.45) is 5.92 Å². The van der Waals surface area contributed by atoms with Gasteiger partial charge in [0.05, 0.1) is 11.5 Å². The number of hydrogen-bond acceptors (Lipinski definition) is 2. The summed E-state index contributed by atoms with van der Waals surface area (Å²) in [6, 6.07) is 8.26. The van der Waals surface area contributed by atoms with Crippen LogP contribution in [0.2, 0.25) is 0 Å². The van der Waals surface area contributed by atoms with Gasteiger partial charge in [0.2, 0.25) is 5.91 Å². The fourth-order valence-corrected chi connectivity index (χ4v) is 3.13. The number of aryl methyl sites for hydroxylation is 1. The van der Waals surface area contributed by atoms with Crippen molar-refractivity contribution in [2.45, 2.75) is 39.2 Å². The van der Waals surface area contributed by atoms with E-state index in [4.69, 9.17) is 0 Å². The van der Waals surface area contributed by atoms with Crippen molar-refractivity contribution in [1.82, 2.24) is 10.2 Å². The molecule has 0 saturated carbocycles. The zero-order valence-electron chi connectivity index (χ0n) is 13.1. The average Bonchev–Trinajstić information content (AvgIpc) is 2.38. The van der Waals surface area contributed by atoms with Crippen LogP contribution in [0.25, 0.3) is 0 Å². The lowest BCUT2D eigenvalue weighted by Gasteiger charge is -2.34. The predicted molar refractivity (Wildman–Crippen MR) is 82.6 cm³/mol. The van der Waals surface area contributed by atoms with E-state index in [2.05, 4.69) is 50.2 Å². The summed E-state index contributed by atoms with van der Waals surface area (Å²) in [5, 5.41) is 3.24. The molecule has 110 valence electrons. The number of piperidine rings is 1. The molecule has 0 aliphatic carbocycles. The number of hydrogen-bond donors (Lipinski definition) is 1. The molecule has 1 aromatic rings. The molecule has 20 heavy (non-hydrogen) atoms. The molecule has 1 fully saturated rings. The largest absolute Gasteiger partial charge is 0.347 e. The highest BCUT2D eigenvalue weighted by molar-refractivity contribution is 5.80. The van der Waals surface area contributed by atoms with Crippen LogP contribution >= 0.6 is 0 Å². The van der Waals surface area contributed by atoms with Gasteiger partial charge in [-0.15, -0.1) is 0 Å². The normalized spacial score (nSPS) is 20.7. The smallest absolute Gasteiger partial charge is 0.225 e. The highest BCUT2D eigenvalue weighted by Crippen LogP contribution is 2.25. The van der Waals surface area contributed by atoms with E-state index in [1.165, 1.54) is 11.1 Å². The second-order valence-electron chi connectivity index (χ2n) is 6.53. The average molecular weight is 274 g/mol. The van der Waals surface area contributed by atoms with Gasteiger partial charge in [0.1, 0.15) is 0 Å². The topological polar surface area (TPSA) is 32.3 Å². The van der Waals surface area contributed by atoms with Crippen LogP contribution in [0, 0.1) is 12.8 Å². The Labute approximate surface area is 122 Å². The molecule has 0 bridgehead atoms. The zero-order chi connectivity index (χ0) is 14.8. The lowest BCUT2D eigenvalue weighted by Crippen LogP contribution is -2.48. The molecule has 1 heterocycles. The summed E-state index contributed by atoms with van der Waals surface area (Å²) in [5.74, 6) is 0.307. The lowest BCUT2D eigenvalue weighted by molar-refractivity contribution is -0.128. The molecule has 0 spiro atoms. The molecule has 0 unspecified atom stereocenters. The van der Waals surface area contributed by atoms with Gasteiger partial charge in [-0.3, -0.25) is 4.79 Å². The van der Waals surface area contributed by atoms with Gasteiger partial charge in [-0.2, -0.15) is 0 Å². The van der Waals surface area contributed by atoms with Crippen molar-refractivity contribution in [3.05, 3.63) is 35.4 Å². The van der Waals surface area contributed by atoms with Gasteiger partial charge >= 0.3 is 0 Å². The number of likely N-dealkylation sites (tertiary alicyclic amines) is 1. The minimum atomic E-state index is -0.321. The molecule has 1 N–H and O–H groups in total. The first-order chi connectivity index (χ1) is 9.40. The van der Waals surface area contributed by atoms with Crippen molar-refractivity contribution in [1.29, 1.82) is 0 Å². The second-order valence-corrected chi connectivity index (χ2v) is 6.53. The summed E-state index contributed by atoms with van der Waals surface area (Å²) < 4.78 is 0. The monoisotopic (exact) mass is 274 g/mol. The number of benzene rings is 1. The standard InChI is InChI=1S/C17H26N2O/c1-13-8-5-6-10-15(13)17(2,3)18-16(20)14-9-7-11-19(4)12-14/h5-6,8,10,14H,7,9,11-12H2,1-4H3,(H,18,20)/t14-/m0/s1. The zero-order valence-corrected chi connectivity index (χ0v) is 13.1. The summed E-state index contributed by atoms with van der Waals surface area (Å²) in [6.45, 7) is 8.23. The number of carbonyl (C=O) groups is 1. The number of amides is 1. The van der Waals surface area contributed by atoms with Gasteiger partial charge in [0.25, 0.3) is 0 Å². The third kappa shape index (κ3) is 3.40. The lowest BCUT2D eigenvalue weighted by atomic mass is 9.89. The summed E-state index contributed by atoms with van der Waals surface area (Å²) in [5.41, 5.74) is 2.09. The van der Waals surface area contributed by atoms with E-state index >= 15 is 0 Å². The van der Waals surface area contributed by atoms with Gasteiger partial charge in [0, 0.05) is 6.54 Å². The van der Waals surface area contributed by atoms with Crippen LogP contribution in [0.5, 0.6) is 0 Å². The van der Waals surface area contributed by atoms with Crippen LogP contribution in [0.4, 0.5) is 0 Å². The maximum Gasteiger partial charge on any atom is 0.225 e. The Morgan fingerprint density at radius 2 is 2.05 bits per heavy atom. The van der Waals surface area contributed by atoms with E-state index in [1.54, 1.807) is 0 Å². The molecule has 1 amide bonds. The van der Waals surface area contributed by atoms with Crippen molar-refractivity contribution in [2.75, 3.05) is 20.1 Å². The van der Waals surface area contributed by atoms with Crippen molar-refractivity contribution in [3.8, 4) is 0 Å². The highest BCUT2D eigenvalue weighted by Gasteiger charge is 2.30. The number of rotatable bonds is 3. The molecule has 1 aliphatic heterocycles. The van der Waals surface area contributed by atoms with E-state index < -0.39 is 0 Å². The van der Waals surface area contributed by atoms with Crippen LogP contribution in [0.15, 0.2) is 24.3 Å². The van der Waals surface area contributed by atoms with Gasteiger partial charge in [-0.1, -0.05) is 24.3 Å². The Bertz CT molecular complexity index is 482. The number of nitrogens with one attached hydrogen (secondary N) is 1. The first-order valence-electron chi connectivity index (χ1n) is 7.47. The minimum absolute atomic E-state index is 0.122. The van der Waals surface area contributed by atoms with Gasteiger partial charge in [0.15, 0.2) is 0 Å². The molecule has 1 aromatic carbocycles. The van der Waals surface area contributed by atoms with Gasteiger partial charge < -0.3 is 10.2 Å². The molecule has 3 heteroatoms. The molecule has 1 atom stereocenters. The first-order valence-corrected chi connectivity index (χ1v) is 7.47. The van der Waals surface area contributed by atoms with Crippen LogP contribution in [-0.2, 0) is 10.3 Å². The summed E-state index contributed by atoms with van der Waals surface area (Å²) in [4.78, 5) is 14.8. The van der Waals surface area contributed by atoms with E-state index in [1.807, 2.05) is 12.1 Å². The highest BCUT2D eigenvalue weighted by atomic mass is 16.2. The Morgan fingerprint density at radius 1 is 1.35 bits per heavy atom. The van der Waals surface area contributed by atoms with E-state index in [0.29, 0.717) is 0 Å². The second kappa shape index (κ2) is 5.96. The Kier molecular flexibility index (Phi) is 4.48. The Hall–Kier alpha value is -1.35. The third-order valence-electron chi connectivity index (χ3n) is 4.25. The molecular formula is C17H26N2O. The van der Waals surface area contributed by atoms with Crippen LogP contribution in [0.1, 0.15) is 37.8 Å². The van der Waals surface area contributed by atoms with E-state index in [0.717, 1.165) is 25.9 Å². The molecule has 0 aromatic heterocycles. The molecule has 3 nitrogen and oxygen atoms in total. The van der Waals surface area contributed by atoms with Crippen LogP contribution in [0.3, 0.4) is 0 Å². The predicted octanol–water partition coefficient (Wildman–Crippen LogP) is 2.69. The Morgan fingerprint density at radius 3 is 2.70 bits per heavy atom. The minimum Gasteiger partial charge on any atom is -0.347 e. The van der Waals surface area contributed by atoms with Crippen LogP contribution in [-0.4, -0.2) is 30.9 Å². The fourth-order valence-electron chi connectivity index (χ4n) is 3.13. The van der Waals surface area contributed by atoms with Crippen molar-refractivity contribution >= 4 is 5.91 Å². The molecular weight excluding hydrogens is 248 g/mol. The van der Waals surface area contributed by atoms with Gasteiger partial charge in [-0.25, -0.2) is 0 Å². The van der Waals surface area contributed by atoms with E-state index in [-0.39, 0.29) is 17.4 Å². The summed E-state index contributed by atoms with van der Waals surface area (Å²) in [6.07, 6.45) is 2.11. The van der Waals surface area contributed by atoms with E-state index in [9.17, 15) is 4.79 Å². The SMILES string of the molecule is Cc1ccccc1C(C)(C)NC(=O)[C@H]1CCCN(C)C1.